The number of benzene rings is 1. The summed E-state index contributed by atoms with van der Waals surface area (Å²) in [5.74, 6) is 1.94. The molecular formula is C24H30N8O2S. The zero-order chi connectivity index (χ0) is 24.4. The number of hydrogen-bond donors (Lipinski definition) is 1. The van der Waals surface area contributed by atoms with Gasteiger partial charge in [0, 0.05) is 69.8 Å². The largest absolute Gasteiger partial charge is 0.351 e. The van der Waals surface area contributed by atoms with E-state index >= 15 is 0 Å². The molecule has 35 heavy (non-hydrogen) atoms. The van der Waals surface area contributed by atoms with Crippen molar-refractivity contribution in [2.75, 3.05) is 60.2 Å². The first-order chi connectivity index (χ1) is 16.9. The molecule has 1 aromatic carbocycles. The number of fused-ring (bicyclic) bond motifs is 1. The van der Waals surface area contributed by atoms with Gasteiger partial charge >= 0.3 is 0 Å². The fraction of sp³-hybridized carbons (Fsp3) is 0.375. The molecule has 0 saturated carbocycles. The maximum absolute atomic E-state index is 12.2. The number of aromatic nitrogens is 3. The lowest BCUT2D eigenvalue weighted by Crippen LogP contribution is -2.51. The Morgan fingerprint density at radius 3 is 2.54 bits per heavy atom. The van der Waals surface area contributed by atoms with Crippen molar-refractivity contribution in [3.63, 3.8) is 0 Å². The summed E-state index contributed by atoms with van der Waals surface area (Å²) in [6.07, 6.45) is 5.56. The van der Waals surface area contributed by atoms with Crippen LogP contribution in [0.3, 0.4) is 0 Å². The number of nitrogens with zero attached hydrogens (tertiary/aromatic N) is 7. The number of anilines is 4. The van der Waals surface area contributed by atoms with E-state index in [9.17, 15) is 8.42 Å². The van der Waals surface area contributed by atoms with Gasteiger partial charge in [0.25, 0.3) is 0 Å². The first-order valence-corrected chi connectivity index (χ1v) is 13.6. The molecule has 0 radical (unpaired) electrons. The van der Waals surface area contributed by atoms with E-state index in [1.165, 1.54) is 17.6 Å². The Labute approximate surface area is 206 Å². The smallest absolute Gasteiger partial charge is 0.247 e. The normalized spacial score (nSPS) is 16.2. The Morgan fingerprint density at radius 2 is 1.80 bits per heavy atom. The van der Waals surface area contributed by atoms with Gasteiger partial charge in [-0.15, -0.1) is 0 Å². The number of piperazine rings is 1. The van der Waals surface area contributed by atoms with Crippen LogP contribution in [0.4, 0.5) is 23.3 Å². The predicted molar refractivity (Wildman–Crippen MR) is 137 cm³/mol. The first-order valence-electron chi connectivity index (χ1n) is 11.7. The molecule has 0 bridgehead atoms. The topological polar surface area (TPSA) is 97.8 Å². The summed E-state index contributed by atoms with van der Waals surface area (Å²) in [6.45, 7) is 4.80. The molecule has 1 saturated heterocycles. The van der Waals surface area contributed by atoms with Crippen molar-refractivity contribution in [1.82, 2.24) is 25.3 Å². The Morgan fingerprint density at radius 1 is 1.03 bits per heavy atom. The summed E-state index contributed by atoms with van der Waals surface area (Å²) >= 11 is 0. The molecule has 1 N–H and O–H groups in total. The number of hydrazine groups is 1. The second kappa shape index (κ2) is 9.76. The standard InChI is InChI=1S/C24H30N8O2S/c1-29(35(2,33)34)22-20(7-6-11-26-22)18-30-14-10-19-17-27-24(28-23(19)30)32(21-8-4-3-5-9-21)31-15-12-25-13-16-31/h3-9,11,17,25H,10,12-16,18H2,1-2H3. The molecule has 3 aromatic rings. The van der Waals surface area contributed by atoms with E-state index in [1.54, 1.807) is 6.20 Å². The summed E-state index contributed by atoms with van der Waals surface area (Å²) in [7, 11) is -1.89. The highest BCUT2D eigenvalue weighted by atomic mass is 32.2. The molecule has 4 heterocycles. The van der Waals surface area contributed by atoms with Gasteiger partial charge in [-0.3, -0.25) is 4.31 Å². The SMILES string of the molecule is CN(c1ncccc1CN1CCc2cnc(N(c3ccccc3)N3CCNCC3)nc21)S(C)(=O)=O. The van der Waals surface area contributed by atoms with Crippen molar-refractivity contribution in [3.8, 4) is 0 Å². The maximum atomic E-state index is 12.2. The van der Waals surface area contributed by atoms with Crippen LogP contribution in [0.2, 0.25) is 0 Å². The maximum Gasteiger partial charge on any atom is 0.247 e. The molecule has 11 heteroatoms. The summed E-state index contributed by atoms with van der Waals surface area (Å²) in [4.78, 5) is 16.3. The summed E-state index contributed by atoms with van der Waals surface area (Å²) in [6, 6.07) is 13.9. The van der Waals surface area contributed by atoms with Crippen LogP contribution < -0.4 is 19.5 Å². The summed E-state index contributed by atoms with van der Waals surface area (Å²) < 4.78 is 25.6. The molecule has 0 unspecified atom stereocenters. The van der Waals surface area contributed by atoms with E-state index in [0.29, 0.717) is 18.3 Å². The molecule has 0 atom stereocenters. The van der Waals surface area contributed by atoms with E-state index in [2.05, 4.69) is 37.4 Å². The van der Waals surface area contributed by atoms with Crippen molar-refractivity contribution in [2.45, 2.75) is 13.0 Å². The predicted octanol–water partition coefficient (Wildman–Crippen LogP) is 1.79. The first kappa shape index (κ1) is 23.5. The fourth-order valence-electron chi connectivity index (χ4n) is 4.48. The molecule has 0 spiro atoms. The molecule has 10 nitrogen and oxygen atoms in total. The van der Waals surface area contributed by atoms with Gasteiger partial charge in [-0.05, 0) is 24.6 Å². The van der Waals surface area contributed by atoms with E-state index in [-0.39, 0.29) is 0 Å². The average molecular weight is 495 g/mol. The molecule has 1 fully saturated rings. The zero-order valence-corrected chi connectivity index (χ0v) is 20.8. The third-order valence-corrected chi connectivity index (χ3v) is 7.54. The quantitative estimate of drug-likeness (QED) is 0.527. The van der Waals surface area contributed by atoms with E-state index in [4.69, 9.17) is 9.97 Å². The van der Waals surface area contributed by atoms with Gasteiger partial charge in [-0.1, -0.05) is 24.3 Å². The molecular weight excluding hydrogens is 464 g/mol. The Balaban J connectivity index is 1.48. The number of para-hydroxylation sites is 1. The van der Waals surface area contributed by atoms with Crippen LogP contribution in [-0.4, -0.2) is 74.4 Å². The minimum absolute atomic E-state index is 0.435. The minimum Gasteiger partial charge on any atom is -0.351 e. The number of hydrogen-bond acceptors (Lipinski definition) is 9. The summed E-state index contributed by atoms with van der Waals surface area (Å²) in [5.41, 5.74) is 2.93. The lowest BCUT2D eigenvalue weighted by Gasteiger charge is -2.37. The van der Waals surface area contributed by atoms with Crippen LogP contribution in [-0.2, 0) is 23.0 Å². The molecule has 184 valence electrons. The number of nitrogens with one attached hydrogen (secondary N) is 1. The van der Waals surface area contributed by atoms with Crippen LogP contribution in [0.5, 0.6) is 0 Å². The van der Waals surface area contributed by atoms with Gasteiger partial charge in [-0.2, -0.15) is 4.98 Å². The van der Waals surface area contributed by atoms with Gasteiger partial charge in [0.15, 0.2) is 0 Å². The van der Waals surface area contributed by atoms with E-state index in [0.717, 1.165) is 61.8 Å². The van der Waals surface area contributed by atoms with Gasteiger partial charge < -0.3 is 10.2 Å². The van der Waals surface area contributed by atoms with Crippen molar-refractivity contribution >= 4 is 33.3 Å². The third kappa shape index (κ3) is 4.93. The second-order valence-electron chi connectivity index (χ2n) is 8.76. The molecule has 5 rings (SSSR count). The van der Waals surface area contributed by atoms with Gasteiger partial charge in [0.05, 0.1) is 11.9 Å². The Hall–Kier alpha value is -3.28. The highest BCUT2D eigenvalue weighted by Gasteiger charge is 2.28. The van der Waals surface area contributed by atoms with Gasteiger partial charge in [-0.25, -0.2) is 28.4 Å². The van der Waals surface area contributed by atoms with Crippen LogP contribution in [0.1, 0.15) is 11.1 Å². The van der Waals surface area contributed by atoms with Crippen molar-refractivity contribution < 1.29 is 8.42 Å². The zero-order valence-electron chi connectivity index (χ0n) is 20.0. The van der Waals surface area contributed by atoms with Crippen molar-refractivity contribution in [3.05, 3.63) is 66.0 Å². The average Bonchev–Trinajstić information content (AvgIpc) is 3.27. The fourth-order valence-corrected chi connectivity index (χ4v) is 4.96. The molecule has 0 amide bonds. The Kier molecular flexibility index (Phi) is 6.54. The molecule has 0 aliphatic carbocycles. The molecule has 2 aromatic heterocycles. The van der Waals surface area contributed by atoms with Gasteiger partial charge in [0.2, 0.25) is 16.0 Å². The molecule has 2 aliphatic heterocycles. The monoisotopic (exact) mass is 494 g/mol. The van der Waals surface area contributed by atoms with Crippen molar-refractivity contribution in [2.24, 2.45) is 0 Å². The van der Waals surface area contributed by atoms with Crippen LogP contribution in [0.15, 0.2) is 54.9 Å². The highest BCUT2D eigenvalue weighted by Crippen LogP contribution is 2.32. The highest BCUT2D eigenvalue weighted by molar-refractivity contribution is 7.92. The molecule has 2 aliphatic rings. The number of sulfonamides is 1. The van der Waals surface area contributed by atoms with E-state index < -0.39 is 10.0 Å². The third-order valence-electron chi connectivity index (χ3n) is 6.37. The number of pyridine rings is 1. The minimum atomic E-state index is -3.42. The van der Waals surface area contributed by atoms with Crippen LogP contribution >= 0.6 is 0 Å². The Bertz CT molecular complexity index is 1280. The van der Waals surface area contributed by atoms with E-state index in [1.807, 2.05) is 36.5 Å². The number of rotatable bonds is 7. The summed E-state index contributed by atoms with van der Waals surface area (Å²) in [5, 5.41) is 7.78. The van der Waals surface area contributed by atoms with Crippen LogP contribution in [0.25, 0.3) is 0 Å². The van der Waals surface area contributed by atoms with Crippen LogP contribution in [0, 0.1) is 0 Å². The second-order valence-corrected chi connectivity index (χ2v) is 10.8. The van der Waals surface area contributed by atoms with Gasteiger partial charge in [0.1, 0.15) is 11.6 Å². The van der Waals surface area contributed by atoms with Crippen molar-refractivity contribution in [1.29, 1.82) is 0 Å². The lowest BCUT2D eigenvalue weighted by atomic mass is 10.2. The lowest BCUT2D eigenvalue weighted by molar-refractivity contribution is 0.240.